The first kappa shape index (κ1) is 15.9. The fraction of sp³-hybridized carbons (Fsp3) is 0.400. The number of benzene rings is 1. The average Bonchev–Trinajstić information content (AvgIpc) is 2.74. The zero-order chi connectivity index (χ0) is 16.6. The summed E-state index contributed by atoms with van der Waals surface area (Å²) in [4.78, 5) is 5.06. The molecule has 8 heteroatoms. The van der Waals surface area contributed by atoms with Gasteiger partial charge >= 0.3 is 6.18 Å². The number of nitrogens with one attached hydrogen (secondary N) is 1. The van der Waals surface area contributed by atoms with Gasteiger partial charge in [0.25, 0.3) is 0 Å². The maximum Gasteiger partial charge on any atom is 0.433 e. The van der Waals surface area contributed by atoms with Gasteiger partial charge in [-0.15, -0.1) is 0 Å². The number of pyridine rings is 1. The first-order valence-corrected chi connectivity index (χ1v) is 7.19. The van der Waals surface area contributed by atoms with Crippen LogP contribution in [0.15, 0.2) is 18.2 Å². The summed E-state index contributed by atoms with van der Waals surface area (Å²) >= 11 is 0. The maximum absolute atomic E-state index is 13.9. The molecule has 1 aromatic heterocycles. The molecule has 1 saturated heterocycles. The molecule has 1 N–H and O–H groups in total. The molecule has 2 aromatic rings. The Morgan fingerprint density at radius 2 is 1.83 bits per heavy atom. The van der Waals surface area contributed by atoms with Gasteiger partial charge in [-0.05, 0) is 25.1 Å². The molecule has 1 aromatic carbocycles. The molecule has 0 bridgehead atoms. The fourth-order valence-corrected chi connectivity index (χ4v) is 2.73. The lowest BCUT2D eigenvalue weighted by Crippen LogP contribution is -2.28. The van der Waals surface area contributed by atoms with Crippen LogP contribution in [0.25, 0.3) is 10.9 Å². The summed E-state index contributed by atoms with van der Waals surface area (Å²) in [6.07, 6.45) is -3.98. The average molecular weight is 331 g/mol. The summed E-state index contributed by atoms with van der Waals surface area (Å²) in [7, 11) is 0. The minimum atomic E-state index is -4.70. The van der Waals surface area contributed by atoms with Crippen molar-refractivity contribution in [2.45, 2.75) is 12.6 Å². The Morgan fingerprint density at radius 1 is 1.04 bits per heavy atom. The van der Waals surface area contributed by atoms with Crippen molar-refractivity contribution in [3.63, 3.8) is 0 Å². The van der Waals surface area contributed by atoms with Crippen molar-refractivity contribution < 1.29 is 22.0 Å². The van der Waals surface area contributed by atoms with Crippen LogP contribution in [0.1, 0.15) is 12.1 Å². The van der Waals surface area contributed by atoms with E-state index in [-0.39, 0.29) is 11.1 Å². The maximum atomic E-state index is 13.9. The highest BCUT2D eigenvalue weighted by Gasteiger charge is 2.34. The lowest BCUT2D eigenvalue weighted by molar-refractivity contribution is -0.140. The van der Waals surface area contributed by atoms with Crippen molar-refractivity contribution in [3.05, 3.63) is 35.5 Å². The highest BCUT2D eigenvalue weighted by molar-refractivity contribution is 5.92. The number of fused-ring (bicyclic) bond motifs is 1. The zero-order valence-corrected chi connectivity index (χ0v) is 12.1. The van der Waals surface area contributed by atoms with Crippen molar-refractivity contribution in [1.82, 2.24) is 10.3 Å². The first-order chi connectivity index (χ1) is 10.9. The molecule has 124 valence electrons. The van der Waals surface area contributed by atoms with E-state index in [1.165, 1.54) is 0 Å². The second-order valence-electron chi connectivity index (χ2n) is 5.40. The molecular weight excluding hydrogens is 317 g/mol. The molecule has 1 aliphatic rings. The molecule has 3 rings (SSSR count). The number of nitrogens with zero attached hydrogens (tertiary/aromatic N) is 2. The molecule has 0 atom stereocenters. The Labute approximate surface area is 129 Å². The fourth-order valence-electron chi connectivity index (χ4n) is 2.73. The van der Waals surface area contributed by atoms with Gasteiger partial charge in [-0.2, -0.15) is 13.2 Å². The SMILES string of the molecule is Fc1cc(F)c2nc(C(F)(F)F)cc(N3CCCNCC3)c2c1. The second kappa shape index (κ2) is 5.92. The molecule has 3 nitrogen and oxygen atoms in total. The minimum absolute atomic E-state index is 0.0531. The summed E-state index contributed by atoms with van der Waals surface area (Å²) in [5.41, 5.74) is -1.49. The number of halogens is 5. The van der Waals surface area contributed by atoms with E-state index in [0.717, 1.165) is 25.1 Å². The Kier molecular flexibility index (Phi) is 4.09. The number of aromatic nitrogens is 1. The van der Waals surface area contributed by atoms with Gasteiger partial charge in [0.2, 0.25) is 0 Å². The van der Waals surface area contributed by atoms with E-state index < -0.39 is 29.0 Å². The lowest BCUT2D eigenvalue weighted by Gasteiger charge is -2.25. The second-order valence-corrected chi connectivity index (χ2v) is 5.40. The van der Waals surface area contributed by atoms with Gasteiger partial charge in [0.15, 0.2) is 5.82 Å². The zero-order valence-electron chi connectivity index (χ0n) is 12.1. The van der Waals surface area contributed by atoms with E-state index >= 15 is 0 Å². The van der Waals surface area contributed by atoms with E-state index in [4.69, 9.17) is 0 Å². The molecule has 1 aliphatic heterocycles. The van der Waals surface area contributed by atoms with Gasteiger partial charge in [0, 0.05) is 36.8 Å². The van der Waals surface area contributed by atoms with Crippen LogP contribution in [0.3, 0.4) is 0 Å². The third-order valence-electron chi connectivity index (χ3n) is 3.78. The van der Waals surface area contributed by atoms with Crippen molar-refractivity contribution >= 4 is 16.6 Å². The largest absolute Gasteiger partial charge is 0.433 e. The first-order valence-electron chi connectivity index (χ1n) is 7.19. The Balaban J connectivity index is 2.24. The molecule has 0 radical (unpaired) electrons. The van der Waals surface area contributed by atoms with E-state index in [9.17, 15) is 22.0 Å². The topological polar surface area (TPSA) is 28.2 Å². The van der Waals surface area contributed by atoms with Gasteiger partial charge in [0.05, 0.1) is 0 Å². The predicted molar refractivity (Wildman–Crippen MR) is 76.4 cm³/mol. The molecule has 1 fully saturated rings. The molecule has 2 heterocycles. The van der Waals surface area contributed by atoms with Gasteiger partial charge in [-0.1, -0.05) is 0 Å². The third kappa shape index (κ3) is 3.21. The van der Waals surface area contributed by atoms with Gasteiger partial charge < -0.3 is 10.2 Å². The predicted octanol–water partition coefficient (Wildman–Crippen LogP) is 3.33. The summed E-state index contributed by atoms with van der Waals surface area (Å²) in [5, 5.41) is 3.19. The van der Waals surface area contributed by atoms with Crippen LogP contribution in [-0.2, 0) is 6.18 Å². The summed E-state index contributed by atoms with van der Waals surface area (Å²) < 4.78 is 66.7. The number of rotatable bonds is 1. The minimum Gasteiger partial charge on any atom is -0.370 e. The molecule has 0 amide bonds. The number of hydrogen-bond donors (Lipinski definition) is 1. The van der Waals surface area contributed by atoms with E-state index in [1.807, 2.05) is 0 Å². The van der Waals surface area contributed by atoms with Crippen LogP contribution >= 0.6 is 0 Å². The third-order valence-corrected chi connectivity index (χ3v) is 3.78. The van der Waals surface area contributed by atoms with Crippen molar-refractivity contribution in [2.24, 2.45) is 0 Å². The monoisotopic (exact) mass is 331 g/mol. The summed E-state index contributed by atoms with van der Waals surface area (Å²) in [6.45, 7) is 2.29. The van der Waals surface area contributed by atoms with Crippen molar-refractivity contribution in [3.8, 4) is 0 Å². The Morgan fingerprint density at radius 3 is 2.57 bits per heavy atom. The van der Waals surface area contributed by atoms with Crippen LogP contribution in [-0.4, -0.2) is 31.2 Å². The van der Waals surface area contributed by atoms with Crippen molar-refractivity contribution in [1.29, 1.82) is 0 Å². The standard InChI is InChI=1S/C15H14F5N3/c16-9-6-10-12(23-4-1-2-21-3-5-23)8-13(15(18,19)20)22-14(10)11(17)7-9/h6-8,21H,1-5H2. The van der Waals surface area contributed by atoms with Crippen LogP contribution in [0, 0.1) is 11.6 Å². The molecule has 0 saturated carbocycles. The van der Waals surface area contributed by atoms with E-state index in [1.54, 1.807) is 4.90 Å². The summed E-state index contributed by atoms with van der Waals surface area (Å²) in [6, 6.07) is 2.44. The molecular formula is C15H14F5N3. The van der Waals surface area contributed by atoms with Gasteiger partial charge in [-0.3, -0.25) is 0 Å². The van der Waals surface area contributed by atoms with Crippen LogP contribution < -0.4 is 10.2 Å². The molecule has 0 unspecified atom stereocenters. The summed E-state index contributed by atoms with van der Waals surface area (Å²) in [5.74, 6) is -1.94. The Hall–Kier alpha value is -1.96. The van der Waals surface area contributed by atoms with Crippen LogP contribution in [0.5, 0.6) is 0 Å². The van der Waals surface area contributed by atoms with Crippen molar-refractivity contribution in [2.75, 3.05) is 31.1 Å². The van der Waals surface area contributed by atoms with Gasteiger partial charge in [0.1, 0.15) is 17.0 Å². The lowest BCUT2D eigenvalue weighted by atomic mass is 10.1. The quantitative estimate of drug-likeness (QED) is 0.813. The van der Waals surface area contributed by atoms with E-state index in [0.29, 0.717) is 25.7 Å². The molecule has 0 spiro atoms. The van der Waals surface area contributed by atoms with E-state index in [2.05, 4.69) is 10.3 Å². The smallest absolute Gasteiger partial charge is 0.370 e. The molecule has 23 heavy (non-hydrogen) atoms. The van der Waals surface area contributed by atoms with Crippen LogP contribution in [0.2, 0.25) is 0 Å². The number of alkyl halides is 3. The highest BCUT2D eigenvalue weighted by Crippen LogP contribution is 2.36. The number of anilines is 1. The number of hydrogen-bond acceptors (Lipinski definition) is 3. The normalized spacial score (nSPS) is 16.7. The van der Waals surface area contributed by atoms with Crippen LogP contribution in [0.4, 0.5) is 27.6 Å². The van der Waals surface area contributed by atoms with Gasteiger partial charge in [-0.25, -0.2) is 13.8 Å². The Bertz CT molecular complexity index is 721. The molecule has 0 aliphatic carbocycles. The highest BCUT2D eigenvalue weighted by atomic mass is 19.4.